The van der Waals surface area contributed by atoms with Crippen LogP contribution in [0.15, 0.2) is 42.0 Å². The van der Waals surface area contributed by atoms with E-state index in [0.717, 1.165) is 22.3 Å². The predicted octanol–water partition coefficient (Wildman–Crippen LogP) is 4.68. The Bertz CT molecular complexity index is 1090. The van der Waals surface area contributed by atoms with Crippen LogP contribution in [0.5, 0.6) is 5.75 Å². The molecule has 0 spiro atoms. The Morgan fingerprint density at radius 2 is 1.67 bits per heavy atom. The number of benzene rings is 2. The third-order valence-electron chi connectivity index (χ3n) is 6.17. The van der Waals surface area contributed by atoms with Gasteiger partial charge in [-0.1, -0.05) is 45.0 Å². The molecule has 0 saturated carbocycles. The third kappa shape index (κ3) is 4.67. The summed E-state index contributed by atoms with van der Waals surface area (Å²) in [7, 11) is 3.14. The first kappa shape index (κ1) is 24.5. The van der Waals surface area contributed by atoms with Crippen LogP contribution in [0.25, 0.3) is 5.76 Å². The molecule has 1 saturated heterocycles. The second kappa shape index (κ2) is 9.40. The smallest absolute Gasteiger partial charge is 0.295 e. The van der Waals surface area contributed by atoms with E-state index in [2.05, 4.69) is 20.8 Å². The quantitative estimate of drug-likeness (QED) is 0.392. The third-order valence-corrected chi connectivity index (χ3v) is 6.17. The lowest BCUT2D eigenvalue weighted by molar-refractivity contribution is -0.140. The lowest BCUT2D eigenvalue weighted by atomic mass is 9.85. The topological polar surface area (TPSA) is 76.1 Å². The summed E-state index contributed by atoms with van der Waals surface area (Å²) in [4.78, 5) is 27.6. The van der Waals surface area contributed by atoms with Crippen molar-refractivity contribution in [3.8, 4) is 5.75 Å². The van der Waals surface area contributed by atoms with Crippen molar-refractivity contribution in [1.82, 2.24) is 4.90 Å². The normalized spacial score (nSPS) is 18.2. The number of hydrogen-bond acceptors (Lipinski definition) is 5. The van der Waals surface area contributed by atoms with E-state index in [9.17, 15) is 14.7 Å². The van der Waals surface area contributed by atoms with Crippen molar-refractivity contribution in [2.75, 3.05) is 27.4 Å². The molecule has 3 rings (SSSR count). The summed E-state index contributed by atoms with van der Waals surface area (Å²) in [6, 6.07) is 10.8. The maximum absolute atomic E-state index is 13.1. The van der Waals surface area contributed by atoms with Crippen LogP contribution in [0.1, 0.15) is 54.6 Å². The molecule has 0 aromatic heterocycles. The van der Waals surface area contributed by atoms with Gasteiger partial charge in [0.2, 0.25) is 0 Å². The van der Waals surface area contributed by atoms with E-state index in [1.807, 2.05) is 44.2 Å². The maximum Gasteiger partial charge on any atom is 0.295 e. The van der Waals surface area contributed by atoms with Crippen molar-refractivity contribution in [3.05, 3.63) is 69.8 Å². The van der Waals surface area contributed by atoms with Gasteiger partial charge in [0.05, 0.1) is 25.3 Å². The average molecular weight is 452 g/mol. The molecule has 1 atom stereocenters. The van der Waals surface area contributed by atoms with Crippen LogP contribution in [-0.4, -0.2) is 49.1 Å². The van der Waals surface area contributed by atoms with Crippen LogP contribution in [-0.2, 0) is 19.7 Å². The number of hydrogen-bond donors (Lipinski definition) is 1. The van der Waals surface area contributed by atoms with Gasteiger partial charge in [-0.15, -0.1) is 0 Å². The lowest BCUT2D eigenvalue weighted by Gasteiger charge is -2.26. The number of likely N-dealkylation sites (tertiary alicyclic amines) is 1. The summed E-state index contributed by atoms with van der Waals surface area (Å²) in [6.45, 7) is 10.6. The largest absolute Gasteiger partial charge is 0.507 e. The molecular formula is C27H33NO5. The maximum atomic E-state index is 13.1. The van der Waals surface area contributed by atoms with Crippen LogP contribution < -0.4 is 4.74 Å². The highest BCUT2D eigenvalue weighted by Crippen LogP contribution is 2.41. The van der Waals surface area contributed by atoms with Crippen molar-refractivity contribution in [1.29, 1.82) is 0 Å². The Labute approximate surface area is 195 Å². The molecule has 1 amide bonds. The van der Waals surface area contributed by atoms with Gasteiger partial charge in [-0.2, -0.15) is 0 Å². The minimum absolute atomic E-state index is 0.0336. The molecule has 176 valence electrons. The average Bonchev–Trinajstić information content (AvgIpc) is 3.02. The number of amides is 1. The molecular weight excluding hydrogens is 418 g/mol. The number of Topliss-reactive ketones (excluding diaryl/α,β-unsaturated/α-hetero) is 1. The zero-order valence-electron chi connectivity index (χ0n) is 20.5. The molecule has 0 aliphatic carbocycles. The molecule has 2 aromatic carbocycles. The highest BCUT2D eigenvalue weighted by molar-refractivity contribution is 6.46. The van der Waals surface area contributed by atoms with Crippen LogP contribution in [0, 0.1) is 13.8 Å². The van der Waals surface area contributed by atoms with Crippen molar-refractivity contribution >= 4 is 17.4 Å². The molecule has 1 aliphatic rings. The first-order chi connectivity index (χ1) is 15.5. The molecule has 6 heteroatoms. The van der Waals surface area contributed by atoms with Crippen molar-refractivity contribution < 1.29 is 24.2 Å². The van der Waals surface area contributed by atoms with E-state index >= 15 is 0 Å². The minimum Gasteiger partial charge on any atom is -0.507 e. The van der Waals surface area contributed by atoms with Gasteiger partial charge in [0.15, 0.2) is 0 Å². The minimum atomic E-state index is -0.698. The van der Waals surface area contributed by atoms with E-state index in [1.165, 1.54) is 4.90 Å². The van der Waals surface area contributed by atoms with Gasteiger partial charge in [0.25, 0.3) is 11.7 Å². The standard InChI is InChI=1S/C27H33NO5/c1-16-15-21(33-7)17(2)14-20(16)24(29)22-23(28(12-13-32-6)26(31)25(22)30)18-8-10-19(11-9-18)27(3,4)5/h8-11,14-15,23,29H,12-13H2,1-7H3/b24-22+. The van der Waals surface area contributed by atoms with Crippen molar-refractivity contribution in [2.24, 2.45) is 0 Å². The van der Waals surface area contributed by atoms with Crippen LogP contribution >= 0.6 is 0 Å². The first-order valence-corrected chi connectivity index (χ1v) is 11.0. The van der Waals surface area contributed by atoms with E-state index < -0.39 is 17.7 Å². The zero-order valence-corrected chi connectivity index (χ0v) is 20.5. The second-order valence-corrected chi connectivity index (χ2v) is 9.49. The summed E-state index contributed by atoms with van der Waals surface area (Å²) >= 11 is 0. The summed E-state index contributed by atoms with van der Waals surface area (Å²) in [5.41, 5.74) is 4.05. The zero-order chi connectivity index (χ0) is 24.5. The van der Waals surface area contributed by atoms with Gasteiger partial charge in [0.1, 0.15) is 11.5 Å². The van der Waals surface area contributed by atoms with Gasteiger partial charge in [0, 0.05) is 19.2 Å². The Morgan fingerprint density at radius 1 is 1.03 bits per heavy atom. The molecule has 0 radical (unpaired) electrons. The molecule has 6 nitrogen and oxygen atoms in total. The number of aliphatic hydroxyl groups excluding tert-OH is 1. The Hall–Kier alpha value is -3.12. The second-order valence-electron chi connectivity index (χ2n) is 9.49. The first-order valence-electron chi connectivity index (χ1n) is 11.0. The van der Waals surface area contributed by atoms with E-state index in [0.29, 0.717) is 11.3 Å². The number of aliphatic hydroxyl groups is 1. The van der Waals surface area contributed by atoms with Crippen LogP contribution in [0.4, 0.5) is 0 Å². The fourth-order valence-corrected chi connectivity index (χ4v) is 4.22. The fraction of sp³-hybridized carbons (Fsp3) is 0.407. The van der Waals surface area contributed by atoms with Gasteiger partial charge < -0.3 is 19.5 Å². The Kier molecular flexibility index (Phi) is 6.98. The number of methoxy groups -OCH3 is 2. The number of aryl methyl sites for hydroxylation is 2. The van der Waals surface area contributed by atoms with Gasteiger partial charge in [-0.05, 0) is 53.6 Å². The molecule has 0 bridgehead atoms. The summed E-state index contributed by atoms with van der Waals surface area (Å²) in [6.07, 6.45) is 0. The van der Waals surface area contributed by atoms with Crippen molar-refractivity contribution in [3.63, 3.8) is 0 Å². The number of rotatable bonds is 6. The highest BCUT2D eigenvalue weighted by atomic mass is 16.5. The Balaban J connectivity index is 2.20. The lowest BCUT2D eigenvalue weighted by Crippen LogP contribution is -2.32. The highest BCUT2D eigenvalue weighted by Gasteiger charge is 2.46. The van der Waals surface area contributed by atoms with Gasteiger partial charge >= 0.3 is 0 Å². The fourth-order valence-electron chi connectivity index (χ4n) is 4.22. The number of carbonyl (C=O) groups is 2. The summed E-state index contributed by atoms with van der Waals surface area (Å²) in [5, 5.41) is 11.3. The van der Waals surface area contributed by atoms with E-state index in [1.54, 1.807) is 20.3 Å². The SMILES string of the molecule is COCCN1C(=O)C(=O)/C(=C(/O)c2cc(C)c(OC)cc2C)C1c1ccc(C(C)(C)C)cc1. The molecule has 1 unspecified atom stereocenters. The van der Waals surface area contributed by atoms with Crippen LogP contribution in [0.3, 0.4) is 0 Å². The van der Waals surface area contributed by atoms with Crippen molar-refractivity contribution in [2.45, 2.75) is 46.1 Å². The molecule has 33 heavy (non-hydrogen) atoms. The number of ether oxygens (including phenoxy) is 2. The number of ketones is 1. The monoisotopic (exact) mass is 451 g/mol. The molecule has 1 N–H and O–H groups in total. The summed E-state index contributed by atoms with van der Waals surface area (Å²) in [5.74, 6) is -0.817. The molecule has 1 fully saturated rings. The van der Waals surface area contributed by atoms with Gasteiger partial charge in [-0.3, -0.25) is 9.59 Å². The van der Waals surface area contributed by atoms with Crippen LogP contribution in [0.2, 0.25) is 0 Å². The molecule has 1 heterocycles. The number of carbonyl (C=O) groups excluding carboxylic acids is 2. The molecule has 1 aliphatic heterocycles. The predicted molar refractivity (Wildman–Crippen MR) is 128 cm³/mol. The molecule has 2 aromatic rings. The van der Waals surface area contributed by atoms with Gasteiger partial charge in [-0.25, -0.2) is 0 Å². The number of nitrogens with zero attached hydrogens (tertiary/aromatic N) is 1. The van der Waals surface area contributed by atoms with E-state index in [4.69, 9.17) is 9.47 Å². The summed E-state index contributed by atoms with van der Waals surface area (Å²) < 4.78 is 10.6. The van der Waals surface area contributed by atoms with E-state index in [-0.39, 0.29) is 29.9 Å². The Morgan fingerprint density at radius 3 is 2.21 bits per heavy atom.